The number of thioether (sulfide) groups is 1. The second kappa shape index (κ2) is 7.21. The largest absolute Gasteiger partial charge is 0.343 e. The summed E-state index contributed by atoms with van der Waals surface area (Å²) in [5.41, 5.74) is 3.94. The zero-order valence-electron chi connectivity index (χ0n) is 16.1. The average Bonchev–Trinajstić information content (AvgIpc) is 3.13. The van der Waals surface area contributed by atoms with E-state index in [1.807, 2.05) is 0 Å². The number of aromatic nitrogens is 3. The molecule has 0 aromatic carbocycles. The minimum absolute atomic E-state index is 0.0842. The molecule has 1 amide bonds. The minimum Gasteiger partial charge on any atom is -0.272 e. The van der Waals surface area contributed by atoms with Crippen LogP contribution in [0.25, 0.3) is 0 Å². The summed E-state index contributed by atoms with van der Waals surface area (Å²) in [7, 11) is 0. The minimum atomic E-state index is -0.223. The van der Waals surface area contributed by atoms with E-state index in [9.17, 15) is 9.59 Å². The number of fused-ring (bicyclic) bond motifs is 2. The fraction of sp³-hybridized carbons (Fsp3) is 0.778. The molecule has 8 heteroatoms. The molecule has 2 aliphatic rings. The summed E-state index contributed by atoms with van der Waals surface area (Å²) in [6.45, 7) is 9.60. The molecular weight excluding hydrogens is 350 g/mol. The third-order valence-electron chi connectivity index (χ3n) is 6.62. The van der Waals surface area contributed by atoms with Gasteiger partial charge in [-0.2, -0.15) is 5.10 Å². The number of H-pyrrole nitrogens is 1. The lowest BCUT2D eigenvalue weighted by Crippen LogP contribution is -2.34. The van der Waals surface area contributed by atoms with E-state index in [-0.39, 0.29) is 28.2 Å². The first-order valence-corrected chi connectivity index (χ1v) is 10.4. The molecule has 0 radical (unpaired) electrons. The van der Waals surface area contributed by atoms with Crippen LogP contribution in [-0.4, -0.2) is 32.1 Å². The Labute approximate surface area is 158 Å². The Balaban J connectivity index is 1.57. The van der Waals surface area contributed by atoms with Crippen molar-refractivity contribution < 1.29 is 4.79 Å². The van der Waals surface area contributed by atoms with Crippen LogP contribution in [0.15, 0.2) is 15.1 Å². The summed E-state index contributed by atoms with van der Waals surface area (Å²) < 4.78 is 1.59. The van der Waals surface area contributed by atoms with Gasteiger partial charge in [0.25, 0.3) is 5.91 Å². The van der Waals surface area contributed by atoms with E-state index < -0.39 is 0 Å². The van der Waals surface area contributed by atoms with Gasteiger partial charge in [-0.15, -0.1) is 5.10 Å². The molecule has 2 aliphatic carbocycles. The molecule has 2 saturated carbocycles. The predicted octanol–water partition coefficient (Wildman–Crippen LogP) is 2.78. The summed E-state index contributed by atoms with van der Waals surface area (Å²) in [5.74, 6) is 0.690. The van der Waals surface area contributed by atoms with E-state index >= 15 is 0 Å². The highest BCUT2D eigenvalue weighted by molar-refractivity contribution is 7.99. The SMILES string of the molecule is CCCCn1c(SCC(=O)N/N=C2\CC3CCC2(C)C3(C)C)n[nH]c1=O. The van der Waals surface area contributed by atoms with E-state index in [0.29, 0.717) is 17.6 Å². The molecule has 1 aromatic rings. The number of carbonyl (C=O) groups is 1. The van der Waals surface area contributed by atoms with E-state index in [0.717, 1.165) is 31.4 Å². The summed E-state index contributed by atoms with van der Waals surface area (Å²) in [4.78, 5) is 24.0. The Morgan fingerprint density at radius 2 is 2.23 bits per heavy atom. The molecular formula is C18H29N5O2S. The van der Waals surface area contributed by atoms with Crippen LogP contribution in [0.5, 0.6) is 0 Å². The average molecular weight is 380 g/mol. The first-order valence-electron chi connectivity index (χ1n) is 9.43. The number of hydrogen-bond acceptors (Lipinski definition) is 5. The second-order valence-electron chi connectivity index (χ2n) is 8.19. The lowest BCUT2D eigenvalue weighted by atomic mass is 9.70. The number of nitrogens with one attached hydrogen (secondary N) is 2. The fourth-order valence-corrected chi connectivity index (χ4v) is 5.08. The summed E-state index contributed by atoms with van der Waals surface area (Å²) in [5, 5.41) is 11.5. The van der Waals surface area contributed by atoms with Crippen molar-refractivity contribution in [2.75, 3.05) is 5.75 Å². The van der Waals surface area contributed by atoms with Gasteiger partial charge in [0, 0.05) is 17.7 Å². The quantitative estimate of drug-likeness (QED) is 0.563. The maximum atomic E-state index is 12.2. The molecule has 144 valence electrons. The van der Waals surface area contributed by atoms with Gasteiger partial charge in [-0.05, 0) is 37.0 Å². The Kier molecular flexibility index (Phi) is 5.33. The number of amides is 1. The maximum Gasteiger partial charge on any atom is 0.343 e. The molecule has 1 heterocycles. The van der Waals surface area contributed by atoms with E-state index in [1.54, 1.807) is 4.57 Å². The van der Waals surface area contributed by atoms with Crippen LogP contribution in [0.2, 0.25) is 0 Å². The van der Waals surface area contributed by atoms with Gasteiger partial charge in [0.1, 0.15) is 0 Å². The van der Waals surface area contributed by atoms with Gasteiger partial charge < -0.3 is 0 Å². The number of nitrogens with zero attached hydrogens (tertiary/aromatic N) is 3. The lowest BCUT2D eigenvalue weighted by molar-refractivity contribution is -0.118. The maximum absolute atomic E-state index is 12.2. The molecule has 1 aromatic heterocycles. The number of rotatable bonds is 7. The highest BCUT2D eigenvalue weighted by Crippen LogP contribution is 2.63. The van der Waals surface area contributed by atoms with Gasteiger partial charge in [-0.25, -0.2) is 15.3 Å². The molecule has 2 atom stereocenters. The first-order chi connectivity index (χ1) is 12.3. The Morgan fingerprint density at radius 1 is 1.46 bits per heavy atom. The predicted molar refractivity (Wildman–Crippen MR) is 103 cm³/mol. The summed E-state index contributed by atoms with van der Waals surface area (Å²) >= 11 is 1.26. The standard InChI is InChI=1S/C18H29N5O2S/c1-5-6-9-23-15(25)21-22-16(23)26-11-14(24)20-19-13-10-12-7-8-18(13,4)17(12,2)3/h12H,5-11H2,1-4H3,(H,20,24)(H,21,25)/b19-13+. The molecule has 2 fully saturated rings. The van der Waals surface area contributed by atoms with Crippen LogP contribution in [0, 0.1) is 16.7 Å². The zero-order valence-corrected chi connectivity index (χ0v) is 16.9. The number of hydrogen-bond donors (Lipinski definition) is 2. The monoisotopic (exact) mass is 379 g/mol. The molecule has 2 unspecified atom stereocenters. The van der Waals surface area contributed by atoms with Crippen molar-refractivity contribution >= 4 is 23.4 Å². The van der Waals surface area contributed by atoms with Crippen LogP contribution in [0.1, 0.15) is 59.8 Å². The summed E-state index contributed by atoms with van der Waals surface area (Å²) in [6.07, 6.45) is 5.27. The van der Waals surface area contributed by atoms with Gasteiger partial charge >= 0.3 is 5.69 Å². The molecule has 2 bridgehead atoms. The Hall–Kier alpha value is -1.57. The van der Waals surface area contributed by atoms with E-state index in [2.05, 4.69) is 48.4 Å². The molecule has 3 rings (SSSR count). The number of carbonyl (C=O) groups excluding carboxylic acids is 1. The van der Waals surface area contributed by atoms with Crippen molar-refractivity contribution in [3.8, 4) is 0 Å². The van der Waals surface area contributed by atoms with Crippen LogP contribution in [0.4, 0.5) is 0 Å². The van der Waals surface area contributed by atoms with Crippen molar-refractivity contribution in [1.29, 1.82) is 0 Å². The van der Waals surface area contributed by atoms with Crippen molar-refractivity contribution in [3.05, 3.63) is 10.5 Å². The second-order valence-corrected chi connectivity index (χ2v) is 9.13. The fourth-order valence-electron chi connectivity index (χ4n) is 4.32. The highest BCUT2D eigenvalue weighted by Gasteiger charge is 2.59. The van der Waals surface area contributed by atoms with Crippen molar-refractivity contribution in [2.45, 2.75) is 71.5 Å². The van der Waals surface area contributed by atoms with Crippen molar-refractivity contribution in [3.63, 3.8) is 0 Å². The number of aromatic amines is 1. The van der Waals surface area contributed by atoms with Crippen molar-refractivity contribution in [2.24, 2.45) is 21.8 Å². The van der Waals surface area contributed by atoms with Crippen LogP contribution in [0.3, 0.4) is 0 Å². The van der Waals surface area contributed by atoms with Gasteiger partial charge in [-0.3, -0.25) is 9.36 Å². The van der Waals surface area contributed by atoms with E-state index in [4.69, 9.17) is 0 Å². The molecule has 0 aliphatic heterocycles. The third kappa shape index (κ3) is 3.23. The van der Waals surface area contributed by atoms with Gasteiger partial charge in [0.05, 0.1) is 5.75 Å². The molecule has 2 N–H and O–H groups in total. The highest BCUT2D eigenvalue weighted by atomic mass is 32.2. The Morgan fingerprint density at radius 3 is 2.85 bits per heavy atom. The first kappa shape index (κ1) is 19.2. The molecule has 0 spiro atoms. The normalized spacial score (nSPS) is 28.0. The van der Waals surface area contributed by atoms with Gasteiger partial charge in [0.15, 0.2) is 5.16 Å². The molecule has 0 saturated heterocycles. The van der Waals surface area contributed by atoms with Crippen LogP contribution < -0.4 is 11.1 Å². The topological polar surface area (TPSA) is 92.1 Å². The van der Waals surface area contributed by atoms with Crippen molar-refractivity contribution in [1.82, 2.24) is 20.2 Å². The number of hydrazone groups is 1. The lowest BCUT2D eigenvalue weighted by Gasteiger charge is -2.34. The summed E-state index contributed by atoms with van der Waals surface area (Å²) in [6, 6.07) is 0. The molecule has 26 heavy (non-hydrogen) atoms. The van der Waals surface area contributed by atoms with Crippen LogP contribution in [-0.2, 0) is 11.3 Å². The van der Waals surface area contributed by atoms with E-state index in [1.165, 1.54) is 18.2 Å². The Bertz CT molecular complexity index is 766. The van der Waals surface area contributed by atoms with Gasteiger partial charge in [-0.1, -0.05) is 45.9 Å². The van der Waals surface area contributed by atoms with Gasteiger partial charge in [0.2, 0.25) is 0 Å². The smallest absolute Gasteiger partial charge is 0.272 e. The van der Waals surface area contributed by atoms with Crippen LogP contribution >= 0.6 is 11.8 Å². The molecule has 7 nitrogen and oxygen atoms in total. The number of unbranched alkanes of at least 4 members (excludes halogenated alkanes) is 1. The third-order valence-corrected chi connectivity index (χ3v) is 7.60. The zero-order chi connectivity index (χ0) is 18.9.